The third-order valence-corrected chi connectivity index (χ3v) is 4.15. The molecule has 1 heterocycles. The zero-order valence-electron chi connectivity index (χ0n) is 12.3. The lowest BCUT2D eigenvalue weighted by Crippen LogP contribution is -2.16. The lowest BCUT2D eigenvalue weighted by atomic mass is 9.89. The fourth-order valence-corrected chi connectivity index (χ4v) is 3.03. The highest BCUT2D eigenvalue weighted by Crippen LogP contribution is 2.31. The molecule has 0 bridgehead atoms. The van der Waals surface area contributed by atoms with Crippen molar-refractivity contribution < 1.29 is 4.74 Å². The van der Waals surface area contributed by atoms with Crippen molar-refractivity contribution in [3.8, 4) is 17.1 Å². The molecule has 0 aliphatic heterocycles. The molecule has 3 rings (SSSR count). The molecule has 0 radical (unpaired) electrons. The first-order valence-electron chi connectivity index (χ1n) is 7.48. The van der Waals surface area contributed by atoms with Crippen molar-refractivity contribution in [2.24, 2.45) is 5.92 Å². The highest BCUT2D eigenvalue weighted by atomic mass is 16.5. The Morgan fingerprint density at radius 1 is 1.29 bits per heavy atom. The maximum absolute atomic E-state index is 5.81. The predicted octanol–water partition coefficient (Wildman–Crippen LogP) is 2.51. The topological polar surface area (TPSA) is 78.8 Å². The number of anilines is 1. The molecule has 0 unspecified atom stereocenters. The molecule has 2 N–H and O–H groups in total. The van der Waals surface area contributed by atoms with E-state index in [9.17, 15) is 0 Å². The van der Waals surface area contributed by atoms with Crippen LogP contribution >= 0.6 is 0 Å². The van der Waals surface area contributed by atoms with Gasteiger partial charge in [0.25, 0.3) is 0 Å². The molecule has 1 aromatic carbocycles. The van der Waals surface area contributed by atoms with Gasteiger partial charge < -0.3 is 10.5 Å². The van der Waals surface area contributed by atoms with Gasteiger partial charge in [0.2, 0.25) is 0 Å². The van der Waals surface area contributed by atoms with Crippen molar-refractivity contribution in [3.63, 3.8) is 0 Å². The second-order valence-corrected chi connectivity index (χ2v) is 5.65. The number of benzene rings is 1. The van der Waals surface area contributed by atoms with E-state index >= 15 is 0 Å². The first-order chi connectivity index (χ1) is 10.3. The number of hydrogen-bond acceptors (Lipinski definition) is 5. The second kappa shape index (κ2) is 6.11. The Hall–Kier alpha value is -2.11. The van der Waals surface area contributed by atoms with Gasteiger partial charge in [0.1, 0.15) is 5.75 Å². The Morgan fingerprint density at radius 2 is 2.10 bits per heavy atom. The molecule has 112 valence electrons. The number of nitrogens with zero attached hydrogens (tertiary/aromatic N) is 4. The number of rotatable bonds is 4. The highest BCUT2D eigenvalue weighted by Gasteiger charge is 2.19. The molecule has 2 aromatic rings. The summed E-state index contributed by atoms with van der Waals surface area (Å²) < 4.78 is 7.30. The maximum atomic E-state index is 5.81. The zero-order valence-corrected chi connectivity index (χ0v) is 12.3. The van der Waals surface area contributed by atoms with Crippen LogP contribution in [0.3, 0.4) is 0 Å². The standard InChI is InChI=1S/C15H21N5O/c1-21-14-9-12(16)7-8-13(14)15-17-18-19-20(15)10-11-5-3-2-4-6-11/h7-9,11H,2-6,10,16H2,1H3. The van der Waals surface area contributed by atoms with Crippen LogP contribution in [0.2, 0.25) is 0 Å². The van der Waals surface area contributed by atoms with Gasteiger partial charge >= 0.3 is 0 Å². The van der Waals surface area contributed by atoms with Crippen LogP contribution in [0.4, 0.5) is 5.69 Å². The van der Waals surface area contributed by atoms with E-state index in [1.807, 2.05) is 16.8 Å². The largest absolute Gasteiger partial charge is 0.496 e. The molecular weight excluding hydrogens is 266 g/mol. The Kier molecular flexibility index (Phi) is 4.03. The average Bonchev–Trinajstić information content (AvgIpc) is 2.96. The van der Waals surface area contributed by atoms with E-state index < -0.39 is 0 Å². The molecule has 0 amide bonds. The normalized spacial score (nSPS) is 16.0. The molecule has 1 fully saturated rings. The summed E-state index contributed by atoms with van der Waals surface area (Å²) in [4.78, 5) is 0. The smallest absolute Gasteiger partial charge is 0.185 e. The van der Waals surface area contributed by atoms with E-state index in [2.05, 4.69) is 15.5 Å². The third-order valence-electron chi connectivity index (χ3n) is 4.15. The van der Waals surface area contributed by atoms with Gasteiger partial charge in [-0.25, -0.2) is 4.68 Å². The van der Waals surface area contributed by atoms with Crippen molar-refractivity contribution in [1.29, 1.82) is 0 Å². The SMILES string of the molecule is COc1cc(N)ccc1-c1nnnn1CC1CCCCC1. The van der Waals surface area contributed by atoms with Crippen LogP contribution in [0.1, 0.15) is 32.1 Å². The Labute approximate surface area is 124 Å². The monoisotopic (exact) mass is 287 g/mol. The van der Waals surface area contributed by atoms with E-state index in [0.29, 0.717) is 17.4 Å². The van der Waals surface area contributed by atoms with Gasteiger partial charge in [-0.3, -0.25) is 0 Å². The number of hydrogen-bond donors (Lipinski definition) is 1. The van der Waals surface area contributed by atoms with Gasteiger partial charge in [0, 0.05) is 18.3 Å². The summed E-state index contributed by atoms with van der Waals surface area (Å²) in [6, 6.07) is 5.56. The van der Waals surface area contributed by atoms with Crippen LogP contribution in [0.25, 0.3) is 11.4 Å². The van der Waals surface area contributed by atoms with Gasteiger partial charge in [-0.2, -0.15) is 0 Å². The molecule has 0 atom stereocenters. The van der Waals surface area contributed by atoms with Crippen LogP contribution < -0.4 is 10.5 Å². The molecule has 6 nitrogen and oxygen atoms in total. The fourth-order valence-electron chi connectivity index (χ4n) is 3.03. The Bertz CT molecular complexity index is 604. The number of tetrazole rings is 1. The Balaban J connectivity index is 1.88. The maximum Gasteiger partial charge on any atom is 0.185 e. The van der Waals surface area contributed by atoms with Crippen LogP contribution in [0.15, 0.2) is 18.2 Å². The molecule has 0 saturated heterocycles. The summed E-state index contributed by atoms with van der Waals surface area (Å²) in [5.74, 6) is 2.12. The lowest BCUT2D eigenvalue weighted by Gasteiger charge is -2.21. The quantitative estimate of drug-likeness (QED) is 0.874. The summed E-state index contributed by atoms with van der Waals surface area (Å²) in [7, 11) is 1.63. The lowest BCUT2D eigenvalue weighted by molar-refractivity contribution is 0.307. The highest BCUT2D eigenvalue weighted by molar-refractivity contribution is 5.67. The first-order valence-corrected chi connectivity index (χ1v) is 7.48. The van der Waals surface area contributed by atoms with E-state index in [4.69, 9.17) is 10.5 Å². The number of aromatic nitrogens is 4. The van der Waals surface area contributed by atoms with Crippen LogP contribution in [0.5, 0.6) is 5.75 Å². The summed E-state index contributed by atoms with van der Waals surface area (Å²) in [5.41, 5.74) is 7.36. The molecular formula is C15H21N5O. The summed E-state index contributed by atoms with van der Waals surface area (Å²) in [6.45, 7) is 0.871. The molecule has 1 saturated carbocycles. The van der Waals surface area contributed by atoms with Crippen molar-refractivity contribution >= 4 is 5.69 Å². The van der Waals surface area contributed by atoms with Crippen LogP contribution in [-0.4, -0.2) is 27.3 Å². The second-order valence-electron chi connectivity index (χ2n) is 5.65. The summed E-state index contributed by atoms with van der Waals surface area (Å²) in [6.07, 6.45) is 6.50. The van der Waals surface area contributed by atoms with Crippen molar-refractivity contribution in [2.75, 3.05) is 12.8 Å². The van der Waals surface area contributed by atoms with Crippen LogP contribution in [-0.2, 0) is 6.54 Å². The summed E-state index contributed by atoms with van der Waals surface area (Å²) in [5, 5.41) is 12.2. The molecule has 6 heteroatoms. The van der Waals surface area contributed by atoms with Crippen LogP contribution in [0, 0.1) is 5.92 Å². The van der Waals surface area contributed by atoms with Gasteiger partial charge in [-0.1, -0.05) is 19.3 Å². The first kappa shape index (κ1) is 13.9. The van der Waals surface area contributed by atoms with E-state index in [0.717, 1.165) is 17.9 Å². The van der Waals surface area contributed by atoms with Crippen molar-refractivity contribution in [2.45, 2.75) is 38.6 Å². The van der Waals surface area contributed by atoms with Gasteiger partial charge in [0.15, 0.2) is 5.82 Å². The van der Waals surface area contributed by atoms with Crippen molar-refractivity contribution in [1.82, 2.24) is 20.2 Å². The fraction of sp³-hybridized carbons (Fsp3) is 0.533. The van der Waals surface area contributed by atoms with E-state index in [1.165, 1.54) is 32.1 Å². The number of ether oxygens (including phenoxy) is 1. The van der Waals surface area contributed by atoms with Gasteiger partial charge in [0.05, 0.1) is 12.7 Å². The molecule has 21 heavy (non-hydrogen) atoms. The van der Waals surface area contributed by atoms with E-state index in [-0.39, 0.29) is 0 Å². The number of nitrogen functional groups attached to an aromatic ring is 1. The van der Waals surface area contributed by atoms with Crippen molar-refractivity contribution in [3.05, 3.63) is 18.2 Å². The predicted molar refractivity (Wildman–Crippen MR) is 80.8 cm³/mol. The van der Waals surface area contributed by atoms with Gasteiger partial charge in [-0.15, -0.1) is 5.10 Å². The third kappa shape index (κ3) is 2.99. The average molecular weight is 287 g/mol. The number of nitrogens with two attached hydrogens (primary N) is 1. The number of methoxy groups -OCH3 is 1. The zero-order chi connectivity index (χ0) is 14.7. The van der Waals surface area contributed by atoms with E-state index in [1.54, 1.807) is 13.2 Å². The Morgan fingerprint density at radius 3 is 2.86 bits per heavy atom. The summed E-state index contributed by atoms with van der Waals surface area (Å²) >= 11 is 0. The minimum absolute atomic E-state index is 0.667. The van der Waals surface area contributed by atoms with Gasteiger partial charge in [-0.05, 0) is 41.3 Å². The molecule has 1 aliphatic carbocycles. The molecule has 1 aromatic heterocycles. The minimum atomic E-state index is 0.667. The molecule has 1 aliphatic rings. The minimum Gasteiger partial charge on any atom is -0.496 e. The molecule has 0 spiro atoms.